The molecule has 6 nitrogen and oxygen atoms in total. The van der Waals surface area contributed by atoms with E-state index in [0.717, 1.165) is 4.47 Å². The predicted octanol–water partition coefficient (Wildman–Crippen LogP) is 7.59. The number of benzene rings is 3. The smallest absolute Gasteiger partial charge is 0.282 e. The molecule has 0 aliphatic heterocycles. The zero-order valence-corrected chi connectivity index (χ0v) is 25.2. The van der Waals surface area contributed by atoms with Crippen LogP contribution in [-0.4, -0.2) is 23.0 Å². The lowest BCUT2D eigenvalue weighted by Gasteiger charge is -2.21. The molecule has 0 fully saturated rings. The van der Waals surface area contributed by atoms with Gasteiger partial charge in [0.05, 0.1) is 28.7 Å². The number of halogens is 4. The molecule has 10 heteroatoms. The van der Waals surface area contributed by atoms with E-state index in [-0.39, 0.29) is 18.0 Å². The third-order valence-corrected chi connectivity index (χ3v) is 8.13. The highest BCUT2D eigenvalue weighted by Gasteiger charge is 2.23. The molecular weight excluding hydrogens is 673 g/mol. The number of fused-ring (bicyclic) bond motifs is 1. The van der Waals surface area contributed by atoms with Crippen LogP contribution in [0.15, 0.2) is 71.8 Å². The maximum absolute atomic E-state index is 14.1. The first-order valence-electron chi connectivity index (χ1n) is 11.2. The van der Waals surface area contributed by atoms with Crippen molar-refractivity contribution >= 4 is 64.9 Å². The lowest BCUT2D eigenvalue weighted by molar-refractivity contribution is 0.277. The van der Waals surface area contributed by atoms with Crippen molar-refractivity contribution in [1.82, 2.24) is 9.66 Å². The number of hydrogen-bond donors (Lipinski definition) is 0. The molecule has 0 amide bonds. The third kappa shape index (κ3) is 5.81. The van der Waals surface area contributed by atoms with E-state index >= 15 is 0 Å². The molecule has 0 N–H and O–H groups in total. The second kappa shape index (κ2) is 11.0. The minimum atomic E-state index is -0.447. The molecule has 1 aromatic heterocycles. The van der Waals surface area contributed by atoms with Gasteiger partial charge in [0, 0.05) is 25.5 Å². The molecule has 4 rings (SSSR count). The van der Waals surface area contributed by atoms with Gasteiger partial charge in [0.1, 0.15) is 18.2 Å². The number of nitrogens with zero attached hydrogens (tertiary/aromatic N) is 3. The first-order chi connectivity index (χ1) is 17.5. The van der Waals surface area contributed by atoms with E-state index < -0.39 is 5.41 Å². The van der Waals surface area contributed by atoms with E-state index in [1.54, 1.807) is 36.5 Å². The van der Waals surface area contributed by atoms with Gasteiger partial charge in [-0.15, -0.1) is 0 Å². The first kappa shape index (κ1) is 27.5. The quantitative estimate of drug-likeness (QED) is 0.195. The third-order valence-electron chi connectivity index (χ3n) is 5.50. The van der Waals surface area contributed by atoms with Crippen molar-refractivity contribution in [3.63, 3.8) is 0 Å². The topological polar surface area (TPSA) is 65.7 Å². The van der Waals surface area contributed by atoms with Crippen LogP contribution < -0.4 is 15.0 Å². The normalized spacial score (nSPS) is 11.9. The van der Waals surface area contributed by atoms with Crippen LogP contribution in [0.4, 0.5) is 4.39 Å². The molecule has 0 spiro atoms. The molecule has 37 heavy (non-hydrogen) atoms. The fourth-order valence-corrected chi connectivity index (χ4v) is 4.91. The van der Waals surface area contributed by atoms with Crippen molar-refractivity contribution in [3.05, 3.63) is 95.1 Å². The number of hydrogen-bond acceptors (Lipinski definition) is 5. The molecule has 1 heterocycles. The molecule has 4 aromatic rings. The Labute approximate surface area is 238 Å². The summed E-state index contributed by atoms with van der Waals surface area (Å²) in [5, 5.41) is 4.99. The number of rotatable bonds is 6. The van der Waals surface area contributed by atoms with E-state index in [1.165, 1.54) is 17.9 Å². The second-order valence-electron chi connectivity index (χ2n) is 9.21. The summed E-state index contributed by atoms with van der Waals surface area (Å²) in [6, 6.07) is 13.5. The van der Waals surface area contributed by atoms with Gasteiger partial charge in [0.25, 0.3) is 5.56 Å². The molecule has 0 unspecified atom stereocenters. The van der Waals surface area contributed by atoms with Gasteiger partial charge in [-0.2, -0.15) is 9.78 Å². The van der Waals surface area contributed by atoms with Gasteiger partial charge in [-0.05, 0) is 62.2 Å². The van der Waals surface area contributed by atoms with Crippen LogP contribution in [0.3, 0.4) is 0 Å². The van der Waals surface area contributed by atoms with E-state index in [4.69, 9.17) is 14.5 Å². The lowest BCUT2D eigenvalue weighted by atomic mass is 9.95. The van der Waals surface area contributed by atoms with Gasteiger partial charge in [0.15, 0.2) is 11.5 Å². The molecule has 0 aliphatic carbocycles. The fraction of sp³-hybridized carbons (Fsp3) is 0.222. The Balaban J connectivity index is 1.77. The SMILES string of the molecule is COc1cc(C=Nn2c(C(C)(C)C)nc3ccc(Br)cc3c2=O)c(Br)c(Br)c1OCc1ccccc1F. The largest absolute Gasteiger partial charge is 0.493 e. The van der Waals surface area contributed by atoms with E-state index in [1.807, 2.05) is 32.9 Å². The number of ether oxygens (including phenoxy) is 2. The summed E-state index contributed by atoms with van der Waals surface area (Å²) in [6.45, 7) is 5.94. The average Bonchev–Trinajstić information content (AvgIpc) is 2.85. The Kier molecular flexibility index (Phi) is 8.20. The van der Waals surface area contributed by atoms with Gasteiger partial charge in [-0.3, -0.25) is 4.79 Å². The van der Waals surface area contributed by atoms with Crippen molar-refractivity contribution in [2.75, 3.05) is 7.11 Å². The maximum Gasteiger partial charge on any atom is 0.282 e. The predicted molar refractivity (Wildman–Crippen MR) is 155 cm³/mol. The van der Waals surface area contributed by atoms with Crippen molar-refractivity contribution in [2.45, 2.75) is 32.8 Å². The molecule has 0 atom stereocenters. The Hall–Kier alpha value is -2.56. The van der Waals surface area contributed by atoms with Crippen LogP contribution >= 0.6 is 47.8 Å². The molecule has 0 saturated heterocycles. The minimum Gasteiger partial charge on any atom is -0.493 e. The highest BCUT2D eigenvalue weighted by molar-refractivity contribution is 9.13. The maximum atomic E-state index is 14.1. The molecular formula is C27H23Br3FN3O3. The van der Waals surface area contributed by atoms with Crippen molar-refractivity contribution < 1.29 is 13.9 Å². The summed E-state index contributed by atoms with van der Waals surface area (Å²) >= 11 is 10.6. The Morgan fingerprint density at radius 1 is 1.08 bits per heavy atom. The van der Waals surface area contributed by atoms with E-state index in [0.29, 0.717) is 48.3 Å². The van der Waals surface area contributed by atoms with Crippen LogP contribution in [0.2, 0.25) is 0 Å². The summed E-state index contributed by atoms with van der Waals surface area (Å²) in [4.78, 5) is 18.2. The standard InChI is InChI=1S/C27H23Br3FN3O3/c1-27(2,3)26-33-20-10-9-17(28)12-18(20)25(35)34(26)32-13-16-11-21(36-4)24(23(30)22(16)29)37-14-15-7-5-6-8-19(15)31/h5-13H,14H2,1-4H3. The van der Waals surface area contributed by atoms with Gasteiger partial charge >= 0.3 is 0 Å². The Bertz CT molecular complexity index is 1580. The summed E-state index contributed by atoms with van der Waals surface area (Å²) < 4.78 is 28.8. The molecule has 0 bridgehead atoms. The van der Waals surface area contributed by atoms with Gasteiger partial charge in [0.2, 0.25) is 0 Å². The van der Waals surface area contributed by atoms with Crippen LogP contribution in [0, 0.1) is 5.82 Å². The Morgan fingerprint density at radius 3 is 2.49 bits per heavy atom. The zero-order valence-electron chi connectivity index (χ0n) is 20.5. The highest BCUT2D eigenvalue weighted by atomic mass is 79.9. The number of aromatic nitrogens is 2. The monoisotopic (exact) mass is 693 g/mol. The summed E-state index contributed by atoms with van der Waals surface area (Å²) in [5.74, 6) is 0.989. The van der Waals surface area contributed by atoms with Gasteiger partial charge < -0.3 is 9.47 Å². The van der Waals surface area contributed by atoms with Crippen LogP contribution in [-0.2, 0) is 12.0 Å². The van der Waals surface area contributed by atoms with E-state index in [2.05, 4.69) is 52.9 Å². The first-order valence-corrected chi connectivity index (χ1v) is 13.6. The summed E-state index contributed by atoms with van der Waals surface area (Å²) in [7, 11) is 1.51. The second-order valence-corrected chi connectivity index (χ2v) is 11.7. The van der Waals surface area contributed by atoms with Gasteiger partial charge in [-0.1, -0.05) is 54.9 Å². The molecule has 192 valence electrons. The molecule has 3 aromatic carbocycles. The van der Waals surface area contributed by atoms with Crippen molar-refractivity contribution in [2.24, 2.45) is 5.10 Å². The van der Waals surface area contributed by atoms with Gasteiger partial charge in [-0.25, -0.2) is 9.37 Å². The van der Waals surface area contributed by atoms with Crippen LogP contribution in [0.1, 0.15) is 37.7 Å². The molecule has 0 aliphatic rings. The molecule has 0 saturated carbocycles. The van der Waals surface area contributed by atoms with Crippen molar-refractivity contribution in [1.29, 1.82) is 0 Å². The summed E-state index contributed by atoms with van der Waals surface area (Å²) in [5.41, 5.74) is 0.925. The number of methoxy groups -OCH3 is 1. The zero-order chi connectivity index (χ0) is 26.9. The average molecular weight is 696 g/mol. The Morgan fingerprint density at radius 2 is 1.81 bits per heavy atom. The highest BCUT2D eigenvalue weighted by Crippen LogP contribution is 2.42. The lowest BCUT2D eigenvalue weighted by Crippen LogP contribution is -2.29. The van der Waals surface area contributed by atoms with E-state index in [9.17, 15) is 9.18 Å². The van der Waals surface area contributed by atoms with Crippen molar-refractivity contribution in [3.8, 4) is 11.5 Å². The minimum absolute atomic E-state index is 0.0180. The summed E-state index contributed by atoms with van der Waals surface area (Å²) in [6.07, 6.45) is 1.56. The molecule has 0 radical (unpaired) electrons. The van der Waals surface area contributed by atoms with Crippen LogP contribution in [0.5, 0.6) is 11.5 Å². The fourth-order valence-electron chi connectivity index (χ4n) is 3.61. The van der Waals surface area contributed by atoms with Crippen LogP contribution in [0.25, 0.3) is 10.9 Å².